The number of nitrogens with one attached hydrogen (secondary N) is 2. The van der Waals surface area contributed by atoms with Gasteiger partial charge in [-0.15, -0.1) is 0 Å². The van der Waals surface area contributed by atoms with Crippen molar-refractivity contribution >= 4 is 17.6 Å². The lowest BCUT2D eigenvalue weighted by Crippen LogP contribution is -2.18. The summed E-state index contributed by atoms with van der Waals surface area (Å²) < 4.78 is 9.99. The van der Waals surface area contributed by atoms with Crippen LogP contribution in [0.1, 0.15) is 39.0 Å². The highest BCUT2D eigenvalue weighted by molar-refractivity contribution is 6.00. The van der Waals surface area contributed by atoms with Crippen LogP contribution in [-0.2, 0) is 14.3 Å². The van der Waals surface area contributed by atoms with E-state index in [0.717, 1.165) is 32.5 Å². The molecule has 17 heavy (non-hydrogen) atoms. The molecule has 5 heteroatoms. The third kappa shape index (κ3) is 6.16. The third-order valence-electron chi connectivity index (χ3n) is 2.81. The van der Waals surface area contributed by atoms with Gasteiger partial charge in [0.25, 0.3) is 0 Å². The SMILES string of the molecule is CC(=N)OC(=N)CC(=O)CCC1CCOCC1. The number of Topliss-reactive ketones (excluding diaryl/α,β-unsaturated/α-hetero) is 1. The van der Waals surface area contributed by atoms with E-state index in [4.69, 9.17) is 20.3 Å². The van der Waals surface area contributed by atoms with E-state index in [2.05, 4.69) is 0 Å². The van der Waals surface area contributed by atoms with Crippen molar-refractivity contribution in [3.05, 3.63) is 0 Å². The second-order valence-electron chi connectivity index (χ2n) is 4.39. The zero-order valence-electron chi connectivity index (χ0n) is 10.3. The van der Waals surface area contributed by atoms with Crippen LogP contribution in [0.15, 0.2) is 0 Å². The summed E-state index contributed by atoms with van der Waals surface area (Å²) in [5, 5.41) is 14.4. The maximum atomic E-state index is 11.6. The normalized spacial score (nSPS) is 16.5. The van der Waals surface area contributed by atoms with Crippen LogP contribution in [0.25, 0.3) is 0 Å². The Labute approximate surface area is 102 Å². The molecule has 0 saturated carbocycles. The Balaban J connectivity index is 2.15. The van der Waals surface area contributed by atoms with E-state index in [1.165, 1.54) is 6.92 Å². The number of rotatable bonds is 5. The maximum Gasteiger partial charge on any atom is 0.196 e. The van der Waals surface area contributed by atoms with Gasteiger partial charge in [-0.05, 0) is 25.2 Å². The number of ether oxygens (including phenoxy) is 2. The fourth-order valence-corrected chi connectivity index (χ4v) is 1.89. The molecule has 2 N–H and O–H groups in total. The molecule has 0 spiro atoms. The first kappa shape index (κ1) is 13.8. The molecule has 5 nitrogen and oxygen atoms in total. The molecular formula is C12H20N2O3. The third-order valence-corrected chi connectivity index (χ3v) is 2.81. The van der Waals surface area contributed by atoms with E-state index >= 15 is 0 Å². The molecule has 1 rings (SSSR count). The minimum Gasteiger partial charge on any atom is -0.430 e. The molecule has 96 valence electrons. The van der Waals surface area contributed by atoms with Gasteiger partial charge in [-0.2, -0.15) is 0 Å². The van der Waals surface area contributed by atoms with Crippen molar-refractivity contribution in [1.82, 2.24) is 0 Å². The summed E-state index contributed by atoms with van der Waals surface area (Å²) in [4.78, 5) is 11.6. The fraction of sp³-hybridized carbons (Fsp3) is 0.750. The van der Waals surface area contributed by atoms with Gasteiger partial charge in [0.05, 0.1) is 6.42 Å². The average Bonchev–Trinajstić information content (AvgIpc) is 2.26. The van der Waals surface area contributed by atoms with Crippen LogP contribution in [0.5, 0.6) is 0 Å². The van der Waals surface area contributed by atoms with E-state index < -0.39 is 0 Å². The standard InChI is InChI=1S/C12H20N2O3/c1-9(13)17-12(14)8-11(15)3-2-10-4-6-16-7-5-10/h10,13-14H,2-8H2,1H3. The van der Waals surface area contributed by atoms with Gasteiger partial charge in [-0.25, -0.2) is 0 Å². The molecule has 1 heterocycles. The van der Waals surface area contributed by atoms with E-state index in [1.54, 1.807) is 0 Å². The predicted octanol–water partition coefficient (Wildman–Crippen LogP) is 2.14. The molecule has 0 unspecified atom stereocenters. The Morgan fingerprint density at radius 3 is 2.59 bits per heavy atom. The number of hydrogen-bond acceptors (Lipinski definition) is 5. The monoisotopic (exact) mass is 240 g/mol. The van der Waals surface area contributed by atoms with Crippen LogP contribution in [0, 0.1) is 16.7 Å². The molecule has 1 fully saturated rings. The van der Waals surface area contributed by atoms with Gasteiger partial charge >= 0.3 is 0 Å². The molecule has 0 radical (unpaired) electrons. The van der Waals surface area contributed by atoms with E-state index in [1.807, 2.05) is 0 Å². The molecule has 1 aliphatic heterocycles. The van der Waals surface area contributed by atoms with Crippen molar-refractivity contribution in [2.75, 3.05) is 13.2 Å². The fourth-order valence-electron chi connectivity index (χ4n) is 1.89. The van der Waals surface area contributed by atoms with Crippen LogP contribution in [0.3, 0.4) is 0 Å². The van der Waals surface area contributed by atoms with Gasteiger partial charge in [0.15, 0.2) is 11.8 Å². The summed E-state index contributed by atoms with van der Waals surface area (Å²) in [5.74, 6) is 0.414. The van der Waals surface area contributed by atoms with Gasteiger partial charge in [0.2, 0.25) is 0 Å². The lowest BCUT2D eigenvalue weighted by Gasteiger charge is -2.21. The minimum atomic E-state index is -0.130. The molecule has 0 aromatic rings. The summed E-state index contributed by atoms with van der Waals surface area (Å²) in [5.41, 5.74) is 0. The van der Waals surface area contributed by atoms with Crippen LogP contribution in [0.2, 0.25) is 0 Å². The number of carbonyl (C=O) groups excluding carboxylic acids is 1. The second-order valence-corrected chi connectivity index (χ2v) is 4.39. The molecule has 1 aliphatic rings. The Kier molecular flexibility index (Phi) is 5.83. The van der Waals surface area contributed by atoms with E-state index in [0.29, 0.717) is 12.3 Å². The summed E-state index contributed by atoms with van der Waals surface area (Å²) in [6.07, 6.45) is 3.42. The molecule has 0 aromatic heterocycles. The first-order valence-electron chi connectivity index (χ1n) is 5.98. The lowest BCUT2D eigenvalue weighted by molar-refractivity contribution is -0.118. The van der Waals surface area contributed by atoms with Gasteiger partial charge < -0.3 is 9.47 Å². The zero-order chi connectivity index (χ0) is 12.7. The van der Waals surface area contributed by atoms with E-state index in [9.17, 15) is 4.79 Å². The van der Waals surface area contributed by atoms with Crippen molar-refractivity contribution in [3.8, 4) is 0 Å². The van der Waals surface area contributed by atoms with Crippen LogP contribution >= 0.6 is 0 Å². The van der Waals surface area contributed by atoms with Gasteiger partial charge in [-0.3, -0.25) is 15.6 Å². The zero-order valence-corrected chi connectivity index (χ0v) is 10.3. The van der Waals surface area contributed by atoms with E-state index in [-0.39, 0.29) is 24.0 Å². The van der Waals surface area contributed by atoms with Gasteiger partial charge in [0, 0.05) is 26.6 Å². The molecule has 0 atom stereocenters. The van der Waals surface area contributed by atoms with Crippen molar-refractivity contribution in [3.63, 3.8) is 0 Å². The van der Waals surface area contributed by atoms with Crippen LogP contribution < -0.4 is 0 Å². The quantitative estimate of drug-likeness (QED) is 0.570. The smallest absolute Gasteiger partial charge is 0.196 e. The molecule has 0 aliphatic carbocycles. The number of carbonyl (C=O) groups is 1. The van der Waals surface area contributed by atoms with Crippen LogP contribution in [0.4, 0.5) is 0 Å². The highest BCUT2D eigenvalue weighted by atomic mass is 16.5. The number of hydrogen-bond donors (Lipinski definition) is 2. The summed E-state index contributed by atoms with van der Waals surface area (Å²) in [7, 11) is 0. The lowest BCUT2D eigenvalue weighted by atomic mass is 9.93. The van der Waals surface area contributed by atoms with Crippen LogP contribution in [-0.4, -0.2) is 30.8 Å². The van der Waals surface area contributed by atoms with Gasteiger partial charge in [0.1, 0.15) is 5.78 Å². The summed E-state index contributed by atoms with van der Waals surface area (Å²) in [6, 6.07) is 0. The Hall–Kier alpha value is -1.23. The summed E-state index contributed by atoms with van der Waals surface area (Å²) >= 11 is 0. The first-order valence-corrected chi connectivity index (χ1v) is 5.98. The second kappa shape index (κ2) is 7.17. The molecule has 0 aromatic carbocycles. The Morgan fingerprint density at radius 1 is 1.35 bits per heavy atom. The number of ketones is 1. The Bertz CT molecular complexity index is 296. The van der Waals surface area contributed by atoms with Crippen molar-refractivity contribution in [1.29, 1.82) is 10.8 Å². The van der Waals surface area contributed by atoms with Crippen molar-refractivity contribution in [2.24, 2.45) is 5.92 Å². The minimum absolute atomic E-state index is 0.000556. The largest absolute Gasteiger partial charge is 0.430 e. The summed E-state index contributed by atoms with van der Waals surface area (Å²) in [6.45, 7) is 3.04. The van der Waals surface area contributed by atoms with Crippen molar-refractivity contribution < 1.29 is 14.3 Å². The maximum absolute atomic E-state index is 11.6. The molecule has 1 saturated heterocycles. The molecular weight excluding hydrogens is 220 g/mol. The highest BCUT2D eigenvalue weighted by Crippen LogP contribution is 2.20. The first-order chi connectivity index (χ1) is 8.08. The van der Waals surface area contributed by atoms with Crippen molar-refractivity contribution in [2.45, 2.75) is 39.0 Å². The molecule has 0 amide bonds. The topological polar surface area (TPSA) is 83.2 Å². The Morgan fingerprint density at radius 2 is 2.00 bits per heavy atom. The average molecular weight is 240 g/mol. The highest BCUT2D eigenvalue weighted by Gasteiger charge is 2.16. The predicted molar refractivity (Wildman–Crippen MR) is 64.6 cm³/mol. The molecule has 0 bridgehead atoms. The van der Waals surface area contributed by atoms with Gasteiger partial charge in [-0.1, -0.05) is 0 Å².